The van der Waals surface area contributed by atoms with Crippen molar-refractivity contribution in [3.8, 4) is 17.5 Å². The summed E-state index contributed by atoms with van der Waals surface area (Å²) in [7, 11) is 0. The highest BCUT2D eigenvalue weighted by Crippen LogP contribution is 2.34. The number of nitrogen functional groups attached to an aromatic ring is 1. The number of benzene rings is 1. The number of nitrogens with zero attached hydrogens (tertiary/aromatic N) is 2. The number of aromatic nitrogens is 2. The highest BCUT2D eigenvalue weighted by Gasteiger charge is 2.13. The van der Waals surface area contributed by atoms with Gasteiger partial charge in [-0.2, -0.15) is 9.97 Å². The molecule has 0 saturated carbocycles. The Labute approximate surface area is 124 Å². The predicted octanol–water partition coefficient (Wildman–Crippen LogP) is 3.54. The average molecular weight is 342 g/mol. The Morgan fingerprint density at radius 1 is 1.30 bits per heavy atom. The van der Waals surface area contributed by atoms with Crippen LogP contribution in [0.25, 0.3) is 0 Å². The fourth-order valence-corrected chi connectivity index (χ4v) is 1.85. The first-order valence-corrected chi connectivity index (χ1v) is 6.77. The van der Waals surface area contributed by atoms with Crippen molar-refractivity contribution in [2.45, 2.75) is 13.3 Å². The summed E-state index contributed by atoms with van der Waals surface area (Å²) in [5.74, 6) is 0.471. The van der Waals surface area contributed by atoms with Crippen molar-refractivity contribution in [3.05, 3.63) is 34.8 Å². The molecule has 106 valence electrons. The van der Waals surface area contributed by atoms with E-state index in [1.807, 2.05) is 6.92 Å². The third-order valence-electron chi connectivity index (χ3n) is 2.35. The van der Waals surface area contributed by atoms with Crippen LogP contribution in [0.2, 0.25) is 0 Å². The van der Waals surface area contributed by atoms with E-state index >= 15 is 0 Å². The Morgan fingerprint density at radius 2 is 2.05 bits per heavy atom. The van der Waals surface area contributed by atoms with E-state index in [9.17, 15) is 4.39 Å². The number of rotatable bonds is 5. The molecule has 0 aliphatic heterocycles. The smallest absolute Gasteiger partial charge is 0.249 e. The van der Waals surface area contributed by atoms with Gasteiger partial charge < -0.3 is 15.2 Å². The Bertz CT molecular complexity index is 610. The van der Waals surface area contributed by atoms with Crippen LogP contribution in [0.5, 0.6) is 17.5 Å². The van der Waals surface area contributed by atoms with Crippen LogP contribution < -0.4 is 15.2 Å². The maximum Gasteiger partial charge on any atom is 0.249 e. The lowest BCUT2D eigenvalue weighted by molar-refractivity contribution is 0.304. The zero-order chi connectivity index (χ0) is 14.5. The number of nitrogens with two attached hydrogens (primary N) is 1. The van der Waals surface area contributed by atoms with Gasteiger partial charge in [0.2, 0.25) is 11.8 Å². The fourth-order valence-electron chi connectivity index (χ4n) is 1.42. The van der Waals surface area contributed by atoms with Gasteiger partial charge in [-0.05, 0) is 40.5 Å². The minimum absolute atomic E-state index is 0.165. The van der Waals surface area contributed by atoms with Gasteiger partial charge in [-0.15, -0.1) is 0 Å². The summed E-state index contributed by atoms with van der Waals surface area (Å²) in [5.41, 5.74) is 6.09. The molecule has 0 radical (unpaired) electrons. The summed E-state index contributed by atoms with van der Waals surface area (Å²) >= 11 is 3.21. The van der Waals surface area contributed by atoms with Crippen LogP contribution in [0.1, 0.15) is 13.3 Å². The largest absolute Gasteiger partial charge is 0.476 e. The molecule has 0 spiro atoms. The molecule has 2 rings (SSSR count). The van der Waals surface area contributed by atoms with Crippen LogP contribution in [0.15, 0.2) is 29.0 Å². The number of hydrogen-bond acceptors (Lipinski definition) is 5. The van der Waals surface area contributed by atoms with Crippen molar-refractivity contribution in [2.75, 3.05) is 12.3 Å². The first-order valence-electron chi connectivity index (χ1n) is 5.98. The Balaban J connectivity index is 2.24. The summed E-state index contributed by atoms with van der Waals surface area (Å²) in [5, 5.41) is 0. The summed E-state index contributed by atoms with van der Waals surface area (Å²) in [6, 6.07) is 4.06. The molecule has 7 heteroatoms. The second-order valence-corrected chi connectivity index (χ2v) is 4.78. The van der Waals surface area contributed by atoms with Gasteiger partial charge in [-0.25, -0.2) is 4.39 Å². The zero-order valence-electron chi connectivity index (χ0n) is 10.8. The maximum atomic E-state index is 13.0. The van der Waals surface area contributed by atoms with Crippen molar-refractivity contribution in [2.24, 2.45) is 0 Å². The maximum absolute atomic E-state index is 13.0. The molecule has 0 bridgehead atoms. The minimum atomic E-state index is -0.369. The molecule has 0 aliphatic rings. The van der Waals surface area contributed by atoms with Gasteiger partial charge in [0, 0.05) is 0 Å². The first kappa shape index (κ1) is 14.5. The van der Waals surface area contributed by atoms with Crippen LogP contribution in [0.3, 0.4) is 0 Å². The third-order valence-corrected chi connectivity index (χ3v) is 2.97. The molecule has 0 saturated heterocycles. The molecule has 20 heavy (non-hydrogen) atoms. The number of ether oxygens (including phenoxy) is 2. The van der Waals surface area contributed by atoms with Gasteiger partial charge in [0.1, 0.15) is 17.9 Å². The van der Waals surface area contributed by atoms with E-state index in [2.05, 4.69) is 25.9 Å². The highest BCUT2D eigenvalue weighted by molar-refractivity contribution is 9.10. The minimum Gasteiger partial charge on any atom is -0.476 e. The van der Waals surface area contributed by atoms with Gasteiger partial charge >= 0.3 is 0 Å². The summed E-state index contributed by atoms with van der Waals surface area (Å²) < 4.78 is 24.4. The van der Waals surface area contributed by atoms with E-state index in [1.165, 1.54) is 24.5 Å². The molecular formula is C13H13BrFN3O2. The molecule has 5 nitrogen and oxygen atoms in total. The molecule has 2 aromatic rings. The van der Waals surface area contributed by atoms with Crippen molar-refractivity contribution in [3.63, 3.8) is 0 Å². The SMILES string of the molecule is CCCOc1ncnc(Oc2ccc(F)cc2Br)c1N. The standard InChI is InChI=1S/C13H13BrFN3O2/c1-2-5-19-12-11(16)13(18-7-17-12)20-10-4-3-8(15)6-9(10)14/h3-4,6-7H,2,5,16H2,1H3. The highest BCUT2D eigenvalue weighted by atomic mass is 79.9. The van der Waals surface area contributed by atoms with Crippen LogP contribution in [0.4, 0.5) is 10.1 Å². The lowest BCUT2D eigenvalue weighted by Gasteiger charge is -2.11. The van der Waals surface area contributed by atoms with Crippen molar-refractivity contribution >= 4 is 21.6 Å². The lowest BCUT2D eigenvalue weighted by Crippen LogP contribution is -2.04. The second-order valence-electron chi connectivity index (χ2n) is 3.92. The summed E-state index contributed by atoms with van der Waals surface area (Å²) in [6.07, 6.45) is 2.14. The molecule has 2 N–H and O–H groups in total. The van der Waals surface area contributed by atoms with E-state index in [1.54, 1.807) is 0 Å². The van der Waals surface area contributed by atoms with E-state index in [4.69, 9.17) is 15.2 Å². The number of halogens is 2. The van der Waals surface area contributed by atoms with Crippen LogP contribution >= 0.6 is 15.9 Å². The zero-order valence-corrected chi connectivity index (χ0v) is 12.4. The quantitative estimate of drug-likeness (QED) is 0.900. The van der Waals surface area contributed by atoms with E-state index in [0.717, 1.165) is 6.42 Å². The van der Waals surface area contributed by atoms with Crippen molar-refractivity contribution < 1.29 is 13.9 Å². The monoisotopic (exact) mass is 341 g/mol. The van der Waals surface area contributed by atoms with Gasteiger partial charge in [0.15, 0.2) is 5.69 Å². The topological polar surface area (TPSA) is 70.3 Å². The Kier molecular flexibility index (Phi) is 4.73. The van der Waals surface area contributed by atoms with Gasteiger partial charge in [0.25, 0.3) is 0 Å². The van der Waals surface area contributed by atoms with E-state index in [0.29, 0.717) is 16.8 Å². The van der Waals surface area contributed by atoms with Gasteiger partial charge in [-0.3, -0.25) is 0 Å². The van der Waals surface area contributed by atoms with E-state index in [-0.39, 0.29) is 23.3 Å². The van der Waals surface area contributed by atoms with Crippen LogP contribution in [-0.4, -0.2) is 16.6 Å². The van der Waals surface area contributed by atoms with Crippen LogP contribution in [-0.2, 0) is 0 Å². The fraction of sp³-hybridized carbons (Fsp3) is 0.231. The second kappa shape index (κ2) is 6.51. The Morgan fingerprint density at radius 3 is 2.75 bits per heavy atom. The Hall–Kier alpha value is -1.89. The van der Waals surface area contributed by atoms with Crippen molar-refractivity contribution in [1.29, 1.82) is 0 Å². The predicted molar refractivity (Wildman–Crippen MR) is 76.4 cm³/mol. The number of hydrogen-bond donors (Lipinski definition) is 1. The van der Waals surface area contributed by atoms with Crippen LogP contribution in [0, 0.1) is 5.82 Å². The molecule has 0 atom stereocenters. The summed E-state index contributed by atoms with van der Waals surface area (Å²) in [4.78, 5) is 7.90. The molecule has 0 aliphatic carbocycles. The number of anilines is 1. The van der Waals surface area contributed by atoms with E-state index < -0.39 is 0 Å². The molecule has 1 aromatic heterocycles. The molecular weight excluding hydrogens is 329 g/mol. The summed E-state index contributed by atoms with van der Waals surface area (Å²) in [6.45, 7) is 2.48. The molecule has 1 heterocycles. The third kappa shape index (κ3) is 3.36. The van der Waals surface area contributed by atoms with Gasteiger partial charge in [0.05, 0.1) is 11.1 Å². The molecule has 0 fully saturated rings. The molecule has 0 unspecified atom stereocenters. The lowest BCUT2D eigenvalue weighted by atomic mass is 10.3. The molecule has 0 amide bonds. The molecule has 1 aromatic carbocycles. The average Bonchev–Trinajstić information content (AvgIpc) is 2.42. The normalized spacial score (nSPS) is 10.3. The first-order chi connectivity index (χ1) is 9.61. The van der Waals surface area contributed by atoms with Gasteiger partial charge in [-0.1, -0.05) is 6.92 Å². The van der Waals surface area contributed by atoms with Crippen molar-refractivity contribution in [1.82, 2.24) is 9.97 Å².